The number of hydrogen-bond acceptors (Lipinski definition) is 4. The molecule has 1 aromatic rings. The average molecular weight is 358 g/mol. The molecule has 0 bridgehead atoms. The second kappa shape index (κ2) is 8.19. The van der Waals surface area contributed by atoms with Gasteiger partial charge in [0, 0.05) is 44.8 Å². The Labute approximate surface area is 143 Å². The van der Waals surface area contributed by atoms with Crippen LogP contribution in [-0.2, 0) is 11.0 Å². The van der Waals surface area contributed by atoms with Gasteiger partial charge in [0.1, 0.15) is 0 Å². The predicted octanol–water partition coefficient (Wildman–Crippen LogP) is 1.45. The molecule has 0 spiro atoms. The highest BCUT2D eigenvalue weighted by molar-refractivity contribution is 5.84. The number of carbonyl (C=O) groups is 2. The zero-order chi connectivity index (χ0) is 18.4. The molecular weight excluding hydrogens is 337 g/mol. The van der Waals surface area contributed by atoms with E-state index in [1.807, 2.05) is 4.90 Å². The maximum absolute atomic E-state index is 12.8. The summed E-state index contributed by atoms with van der Waals surface area (Å²) in [5.74, 6) is -0.112. The van der Waals surface area contributed by atoms with Gasteiger partial charge in [-0.2, -0.15) is 13.2 Å². The van der Waals surface area contributed by atoms with Crippen LogP contribution in [0.1, 0.15) is 12.0 Å². The number of benzene rings is 1. The van der Waals surface area contributed by atoms with Crippen LogP contribution < -0.4 is 16.0 Å². The molecule has 0 saturated carbocycles. The fourth-order valence-corrected chi connectivity index (χ4v) is 2.67. The van der Waals surface area contributed by atoms with Crippen LogP contribution in [0.2, 0.25) is 0 Å². The summed E-state index contributed by atoms with van der Waals surface area (Å²) in [6, 6.07) is 4.57. The third-order valence-corrected chi connectivity index (χ3v) is 4.08. The first-order valence-corrected chi connectivity index (χ1v) is 7.95. The van der Waals surface area contributed by atoms with Crippen molar-refractivity contribution < 1.29 is 22.8 Å². The molecular formula is C16H21F3N4O2. The number of Topliss-reactive ketones (excluding diaryl/α,β-unsaturated/α-hetero) is 1. The van der Waals surface area contributed by atoms with E-state index in [2.05, 4.69) is 10.2 Å². The van der Waals surface area contributed by atoms with Crippen LogP contribution in [-0.4, -0.2) is 56.0 Å². The molecule has 6 nitrogen and oxygen atoms in total. The number of nitrogens with two attached hydrogens (primary N) is 1. The topological polar surface area (TPSA) is 78.7 Å². The summed E-state index contributed by atoms with van der Waals surface area (Å²) in [5.41, 5.74) is 4.80. The second-order valence-corrected chi connectivity index (χ2v) is 5.88. The van der Waals surface area contributed by atoms with Gasteiger partial charge in [0.2, 0.25) is 0 Å². The Hall–Kier alpha value is -2.29. The van der Waals surface area contributed by atoms with Crippen molar-refractivity contribution in [3.63, 3.8) is 0 Å². The lowest BCUT2D eigenvalue weighted by Gasteiger charge is -2.36. The van der Waals surface area contributed by atoms with Gasteiger partial charge in [-0.05, 0) is 18.2 Å². The molecule has 1 aromatic carbocycles. The first kappa shape index (κ1) is 19.0. The van der Waals surface area contributed by atoms with Gasteiger partial charge in [-0.3, -0.25) is 9.69 Å². The standard InChI is InChI=1S/C16H21F3N4O2/c17-16(18,19)12-2-1-3-13(10-12)23-8-6-22(7-9-23)5-4-14(24)11-21-15(20)25/h1-3,10H,4-9,11H2,(H3,20,21,25). The minimum absolute atomic E-state index is 0.0838. The lowest BCUT2D eigenvalue weighted by molar-refractivity contribution is -0.137. The number of rotatable bonds is 6. The number of anilines is 1. The fourth-order valence-electron chi connectivity index (χ4n) is 2.67. The number of primary amides is 1. The molecule has 1 aliphatic rings. The highest BCUT2D eigenvalue weighted by Gasteiger charge is 2.31. The number of ketones is 1. The number of hydrogen-bond donors (Lipinski definition) is 2. The number of urea groups is 1. The van der Waals surface area contributed by atoms with Gasteiger partial charge in [0.25, 0.3) is 0 Å². The van der Waals surface area contributed by atoms with Gasteiger partial charge in [-0.15, -0.1) is 0 Å². The Balaban J connectivity index is 1.80. The fraction of sp³-hybridized carbons (Fsp3) is 0.500. The average Bonchev–Trinajstić information content (AvgIpc) is 2.58. The normalized spacial score (nSPS) is 15.9. The molecule has 1 saturated heterocycles. The Kier molecular flexibility index (Phi) is 6.24. The molecule has 1 heterocycles. The van der Waals surface area contributed by atoms with Crippen molar-refractivity contribution >= 4 is 17.5 Å². The van der Waals surface area contributed by atoms with Crippen molar-refractivity contribution in [2.45, 2.75) is 12.6 Å². The summed E-state index contributed by atoms with van der Waals surface area (Å²) < 4.78 is 38.4. The van der Waals surface area contributed by atoms with Gasteiger partial charge in [-0.25, -0.2) is 4.79 Å². The highest BCUT2D eigenvalue weighted by Crippen LogP contribution is 2.31. The van der Waals surface area contributed by atoms with Crippen LogP contribution in [0.25, 0.3) is 0 Å². The van der Waals surface area contributed by atoms with E-state index >= 15 is 0 Å². The molecule has 1 aliphatic heterocycles. The lowest BCUT2D eigenvalue weighted by atomic mass is 10.1. The van der Waals surface area contributed by atoms with Crippen LogP contribution in [0.4, 0.5) is 23.7 Å². The van der Waals surface area contributed by atoms with Crippen molar-refractivity contribution in [1.29, 1.82) is 0 Å². The first-order chi connectivity index (χ1) is 11.8. The van der Waals surface area contributed by atoms with Gasteiger partial charge < -0.3 is 16.0 Å². The van der Waals surface area contributed by atoms with E-state index in [0.717, 1.165) is 12.1 Å². The number of carbonyl (C=O) groups excluding carboxylic acids is 2. The molecule has 2 rings (SSSR count). The van der Waals surface area contributed by atoms with E-state index in [-0.39, 0.29) is 12.3 Å². The molecule has 1 fully saturated rings. The maximum Gasteiger partial charge on any atom is 0.416 e. The van der Waals surface area contributed by atoms with Crippen LogP contribution >= 0.6 is 0 Å². The summed E-state index contributed by atoms with van der Waals surface area (Å²) in [4.78, 5) is 26.1. The number of amides is 2. The number of halogens is 3. The summed E-state index contributed by atoms with van der Waals surface area (Å²) in [7, 11) is 0. The molecule has 0 radical (unpaired) electrons. The van der Waals surface area contributed by atoms with Crippen molar-refractivity contribution in [3.05, 3.63) is 29.8 Å². The zero-order valence-corrected chi connectivity index (χ0v) is 13.7. The summed E-state index contributed by atoms with van der Waals surface area (Å²) in [6.45, 7) is 2.97. The van der Waals surface area contributed by atoms with Gasteiger partial charge in [-0.1, -0.05) is 6.07 Å². The van der Waals surface area contributed by atoms with Crippen LogP contribution in [0.3, 0.4) is 0 Å². The van der Waals surface area contributed by atoms with E-state index in [1.165, 1.54) is 6.07 Å². The van der Waals surface area contributed by atoms with E-state index in [0.29, 0.717) is 44.8 Å². The molecule has 0 aliphatic carbocycles. The first-order valence-electron chi connectivity index (χ1n) is 7.95. The molecule has 9 heteroatoms. The minimum Gasteiger partial charge on any atom is -0.369 e. The van der Waals surface area contributed by atoms with Crippen molar-refractivity contribution in [2.75, 3.05) is 44.2 Å². The van der Waals surface area contributed by atoms with Gasteiger partial charge >= 0.3 is 12.2 Å². The van der Waals surface area contributed by atoms with Crippen molar-refractivity contribution in [3.8, 4) is 0 Å². The SMILES string of the molecule is NC(=O)NCC(=O)CCN1CCN(c2cccc(C(F)(F)F)c2)CC1. The Bertz CT molecular complexity index is 614. The number of piperazine rings is 1. The van der Waals surface area contributed by atoms with Gasteiger partial charge in [0.15, 0.2) is 5.78 Å². The quantitative estimate of drug-likeness (QED) is 0.807. The molecule has 138 valence electrons. The number of alkyl halides is 3. The predicted molar refractivity (Wildman–Crippen MR) is 87.3 cm³/mol. The van der Waals surface area contributed by atoms with Crippen LogP contribution in [0.5, 0.6) is 0 Å². The third kappa shape index (κ3) is 5.93. The maximum atomic E-state index is 12.8. The minimum atomic E-state index is -4.35. The van der Waals surface area contributed by atoms with Crippen molar-refractivity contribution in [2.24, 2.45) is 5.73 Å². The Morgan fingerprint density at radius 2 is 1.84 bits per heavy atom. The Morgan fingerprint density at radius 3 is 2.44 bits per heavy atom. The number of nitrogens with one attached hydrogen (secondary N) is 1. The molecule has 25 heavy (non-hydrogen) atoms. The van der Waals surface area contributed by atoms with E-state index in [1.54, 1.807) is 6.07 Å². The summed E-state index contributed by atoms with van der Waals surface area (Å²) >= 11 is 0. The smallest absolute Gasteiger partial charge is 0.369 e. The van der Waals surface area contributed by atoms with E-state index < -0.39 is 17.8 Å². The molecule has 2 amide bonds. The largest absolute Gasteiger partial charge is 0.416 e. The Morgan fingerprint density at radius 1 is 1.16 bits per heavy atom. The summed E-state index contributed by atoms with van der Waals surface area (Å²) in [5, 5.41) is 2.25. The second-order valence-electron chi connectivity index (χ2n) is 5.88. The summed E-state index contributed by atoms with van der Waals surface area (Å²) in [6.07, 6.45) is -4.05. The van der Waals surface area contributed by atoms with E-state index in [9.17, 15) is 22.8 Å². The molecule has 3 N–H and O–H groups in total. The number of nitrogens with zero attached hydrogens (tertiary/aromatic N) is 2. The zero-order valence-electron chi connectivity index (χ0n) is 13.7. The van der Waals surface area contributed by atoms with Gasteiger partial charge in [0.05, 0.1) is 12.1 Å². The third-order valence-electron chi connectivity index (χ3n) is 4.08. The molecule has 0 unspecified atom stereocenters. The lowest BCUT2D eigenvalue weighted by Crippen LogP contribution is -2.47. The van der Waals surface area contributed by atoms with Crippen LogP contribution in [0, 0.1) is 0 Å². The molecule has 0 atom stereocenters. The van der Waals surface area contributed by atoms with Crippen LogP contribution in [0.15, 0.2) is 24.3 Å². The highest BCUT2D eigenvalue weighted by atomic mass is 19.4. The van der Waals surface area contributed by atoms with E-state index in [4.69, 9.17) is 5.73 Å². The van der Waals surface area contributed by atoms with Crippen molar-refractivity contribution in [1.82, 2.24) is 10.2 Å². The molecule has 0 aromatic heterocycles. The monoisotopic (exact) mass is 358 g/mol.